The maximum atomic E-state index is 11.7. The van der Waals surface area contributed by atoms with Crippen molar-refractivity contribution in [3.63, 3.8) is 0 Å². The van der Waals surface area contributed by atoms with Crippen molar-refractivity contribution in [1.29, 1.82) is 0 Å². The molecule has 2 fully saturated rings. The van der Waals surface area contributed by atoms with Crippen molar-refractivity contribution < 1.29 is 9.59 Å². The number of nitrogens with zero attached hydrogens (tertiary/aromatic N) is 1. The summed E-state index contributed by atoms with van der Waals surface area (Å²) in [6, 6.07) is 0. The number of piperazine rings is 1. The predicted molar refractivity (Wildman–Crippen MR) is 109 cm³/mol. The fourth-order valence-electron chi connectivity index (χ4n) is 3.81. The molecule has 0 aromatic rings. The average Bonchev–Trinajstić information content (AvgIpc) is 2.69. The third kappa shape index (κ3) is 9.70. The molecule has 0 spiro atoms. The van der Waals surface area contributed by atoms with Crippen LogP contribution in [0.4, 0.5) is 0 Å². The van der Waals surface area contributed by atoms with Gasteiger partial charge in [-0.05, 0) is 19.3 Å². The fourth-order valence-corrected chi connectivity index (χ4v) is 3.81. The van der Waals surface area contributed by atoms with Gasteiger partial charge in [-0.15, -0.1) is 0 Å². The molecule has 1 heterocycles. The lowest BCUT2D eigenvalue weighted by Gasteiger charge is -2.27. The normalized spacial score (nSPS) is 18.4. The second kappa shape index (κ2) is 14.2. The van der Waals surface area contributed by atoms with E-state index < -0.39 is 0 Å². The van der Waals surface area contributed by atoms with Gasteiger partial charge in [0.15, 0.2) is 0 Å². The van der Waals surface area contributed by atoms with Gasteiger partial charge in [0.2, 0.25) is 5.91 Å². The van der Waals surface area contributed by atoms with E-state index in [1.54, 1.807) is 0 Å². The number of nitrogens with one attached hydrogen (secondary N) is 1. The van der Waals surface area contributed by atoms with Gasteiger partial charge in [-0.25, -0.2) is 0 Å². The fraction of sp³-hybridized carbons (Fsp3) is 0.909. The average molecular weight is 367 g/mol. The van der Waals surface area contributed by atoms with Crippen molar-refractivity contribution in [3.05, 3.63) is 0 Å². The summed E-state index contributed by atoms with van der Waals surface area (Å²) < 4.78 is 0. The van der Waals surface area contributed by atoms with Crippen molar-refractivity contribution >= 4 is 11.7 Å². The van der Waals surface area contributed by atoms with Gasteiger partial charge in [0, 0.05) is 44.4 Å². The Morgan fingerprint density at radius 1 is 0.962 bits per heavy atom. The van der Waals surface area contributed by atoms with E-state index in [0.29, 0.717) is 17.6 Å². The Hall–Kier alpha value is -0.900. The molecular formula is C22H42N2O2. The number of carbonyl (C=O) groups is 2. The molecule has 0 atom stereocenters. The van der Waals surface area contributed by atoms with E-state index in [-0.39, 0.29) is 5.92 Å². The smallest absolute Gasteiger partial charge is 0.222 e. The first-order valence-electron chi connectivity index (χ1n) is 11.1. The summed E-state index contributed by atoms with van der Waals surface area (Å²) in [6.07, 6.45) is 13.1. The van der Waals surface area contributed by atoms with Crippen LogP contribution in [0.25, 0.3) is 0 Å². The monoisotopic (exact) mass is 366 g/mol. The largest absolute Gasteiger partial charge is 0.340 e. The summed E-state index contributed by atoms with van der Waals surface area (Å²) in [4.78, 5) is 25.2. The highest BCUT2D eigenvalue weighted by molar-refractivity contribution is 5.82. The molecule has 152 valence electrons. The number of hydrogen-bond donors (Lipinski definition) is 1. The number of amides is 1. The van der Waals surface area contributed by atoms with Gasteiger partial charge in [0.05, 0.1) is 0 Å². The molecule has 0 aromatic heterocycles. The van der Waals surface area contributed by atoms with Crippen LogP contribution < -0.4 is 5.32 Å². The van der Waals surface area contributed by atoms with Crippen LogP contribution in [0.15, 0.2) is 0 Å². The lowest BCUT2D eigenvalue weighted by Crippen LogP contribution is -2.46. The summed E-state index contributed by atoms with van der Waals surface area (Å²) in [7, 11) is 0. The molecule has 4 heteroatoms. The Morgan fingerprint density at radius 3 is 2.15 bits per heavy atom. The summed E-state index contributed by atoms with van der Waals surface area (Å²) in [6.45, 7) is 9.95. The first-order chi connectivity index (χ1) is 12.6. The van der Waals surface area contributed by atoms with Crippen molar-refractivity contribution in [1.82, 2.24) is 10.2 Å². The van der Waals surface area contributed by atoms with Gasteiger partial charge >= 0.3 is 0 Å². The standard InChI is InChI=1S/C12H24N2O.C10H18O/c1-2-3-4-5-6-7-12(15)14-10-8-13-9-11-14;1-8(2)10(11)9-6-4-3-5-7-9/h13H,2-11H2,1H3;8-9H,3-7H2,1-2H3. The highest BCUT2D eigenvalue weighted by atomic mass is 16.2. The predicted octanol–water partition coefficient (Wildman–Crippen LogP) is 4.57. The molecule has 1 amide bonds. The molecule has 0 radical (unpaired) electrons. The number of Topliss-reactive ketones (excluding diaryl/α,β-unsaturated/α-hetero) is 1. The summed E-state index contributed by atoms with van der Waals surface area (Å²) in [5.41, 5.74) is 0. The van der Waals surface area contributed by atoms with Gasteiger partial charge in [0.1, 0.15) is 5.78 Å². The molecule has 1 N–H and O–H groups in total. The second-order valence-corrected chi connectivity index (χ2v) is 8.19. The number of rotatable bonds is 8. The highest BCUT2D eigenvalue weighted by Crippen LogP contribution is 2.26. The van der Waals surface area contributed by atoms with E-state index in [0.717, 1.165) is 51.9 Å². The first-order valence-corrected chi connectivity index (χ1v) is 11.1. The lowest BCUT2D eigenvalue weighted by molar-refractivity contribution is -0.132. The van der Waals surface area contributed by atoms with E-state index >= 15 is 0 Å². The number of carbonyl (C=O) groups excluding carboxylic acids is 2. The second-order valence-electron chi connectivity index (χ2n) is 8.19. The molecule has 0 unspecified atom stereocenters. The van der Waals surface area contributed by atoms with Crippen LogP contribution in [0.3, 0.4) is 0 Å². The van der Waals surface area contributed by atoms with Crippen molar-refractivity contribution in [2.45, 2.75) is 91.4 Å². The molecule has 1 aliphatic carbocycles. The zero-order chi connectivity index (χ0) is 19.2. The summed E-state index contributed by atoms with van der Waals surface area (Å²) >= 11 is 0. The van der Waals surface area contributed by atoms with Crippen molar-refractivity contribution in [2.75, 3.05) is 26.2 Å². The van der Waals surface area contributed by atoms with Crippen LogP contribution in [0.5, 0.6) is 0 Å². The minimum atomic E-state index is 0.248. The quantitative estimate of drug-likeness (QED) is 0.640. The summed E-state index contributed by atoms with van der Waals surface area (Å²) in [5.74, 6) is 1.50. The Morgan fingerprint density at radius 2 is 1.58 bits per heavy atom. The zero-order valence-electron chi connectivity index (χ0n) is 17.5. The van der Waals surface area contributed by atoms with Crippen LogP contribution >= 0.6 is 0 Å². The van der Waals surface area contributed by atoms with Gasteiger partial charge in [-0.2, -0.15) is 0 Å². The molecule has 26 heavy (non-hydrogen) atoms. The Balaban J connectivity index is 0.000000273. The molecule has 2 aliphatic rings. The Bertz CT molecular complexity index is 384. The van der Waals surface area contributed by atoms with E-state index in [9.17, 15) is 9.59 Å². The van der Waals surface area contributed by atoms with Crippen LogP contribution in [0.1, 0.15) is 91.4 Å². The Kier molecular flexibility index (Phi) is 12.6. The summed E-state index contributed by atoms with van der Waals surface area (Å²) in [5, 5.41) is 3.26. The van der Waals surface area contributed by atoms with Gasteiger partial charge in [0.25, 0.3) is 0 Å². The van der Waals surface area contributed by atoms with Gasteiger partial charge in [-0.3, -0.25) is 9.59 Å². The van der Waals surface area contributed by atoms with Crippen LogP contribution in [-0.4, -0.2) is 42.8 Å². The minimum Gasteiger partial charge on any atom is -0.340 e. The molecule has 1 saturated heterocycles. The van der Waals surface area contributed by atoms with Crippen LogP contribution in [0, 0.1) is 11.8 Å². The maximum absolute atomic E-state index is 11.7. The SMILES string of the molecule is CC(C)C(=O)C1CCCCC1.CCCCCCCC(=O)N1CCNCC1. The molecule has 2 rings (SSSR count). The van der Waals surface area contributed by atoms with Crippen LogP contribution in [0.2, 0.25) is 0 Å². The van der Waals surface area contributed by atoms with Crippen LogP contribution in [-0.2, 0) is 9.59 Å². The third-order valence-electron chi connectivity index (χ3n) is 5.54. The molecule has 4 nitrogen and oxygen atoms in total. The van der Waals surface area contributed by atoms with Crippen molar-refractivity contribution in [3.8, 4) is 0 Å². The number of unbranched alkanes of at least 4 members (excludes halogenated alkanes) is 4. The molecule has 1 aliphatic heterocycles. The van der Waals surface area contributed by atoms with E-state index in [4.69, 9.17) is 0 Å². The van der Waals surface area contributed by atoms with E-state index in [1.807, 2.05) is 18.7 Å². The third-order valence-corrected chi connectivity index (χ3v) is 5.54. The van der Waals surface area contributed by atoms with E-state index in [1.165, 1.54) is 44.9 Å². The topological polar surface area (TPSA) is 49.4 Å². The molecular weight excluding hydrogens is 324 g/mol. The van der Waals surface area contributed by atoms with Gasteiger partial charge < -0.3 is 10.2 Å². The molecule has 1 saturated carbocycles. The Labute approximate surface area is 161 Å². The minimum absolute atomic E-state index is 0.248. The van der Waals surface area contributed by atoms with E-state index in [2.05, 4.69) is 12.2 Å². The highest BCUT2D eigenvalue weighted by Gasteiger charge is 2.22. The maximum Gasteiger partial charge on any atom is 0.222 e. The lowest BCUT2D eigenvalue weighted by atomic mass is 9.83. The van der Waals surface area contributed by atoms with Crippen molar-refractivity contribution in [2.24, 2.45) is 11.8 Å². The molecule has 0 aromatic carbocycles. The first kappa shape index (κ1) is 23.1. The zero-order valence-corrected chi connectivity index (χ0v) is 17.5. The molecule has 0 bridgehead atoms. The number of hydrogen-bond acceptors (Lipinski definition) is 3. The number of ketones is 1. The van der Waals surface area contributed by atoms with Gasteiger partial charge in [-0.1, -0.05) is 65.7 Å².